The molecule has 1 aromatic rings. The Morgan fingerprint density at radius 2 is 2.15 bits per heavy atom. The number of nitrogens with zero attached hydrogens (tertiary/aromatic N) is 1. The lowest BCUT2D eigenvalue weighted by molar-refractivity contribution is -0.117. The molecule has 1 amide bonds. The number of amides is 1. The standard InChI is InChI=1S/C15H25N3O2/c1-11(2)20-8-7-18(4)10-15(19)17-14-9-13(16)6-5-12(14)3/h5-6,9,11H,7-8,10,16H2,1-4H3,(H,17,19). The molecule has 20 heavy (non-hydrogen) atoms. The normalized spacial score (nSPS) is 11.1. The Bertz CT molecular complexity index is 447. The van der Waals surface area contributed by atoms with Gasteiger partial charge in [-0.1, -0.05) is 6.07 Å². The van der Waals surface area contributed by atoms with Gasteiger partial charge < -0.3 is 15.8 Å². The topological polar surface area (TPSA) is 67.6 Å². The van der Waals surface area contributed by atoms with E-state index >= 15 is 0 Å². The number of ether oxygens (including phenoxy) is 1. The molecule has 0 spiro atoms. The number of hydrogen-bond acceptors (Lipinski definition) is 4. The molecule has 5 heteroatoms. The maximum Gasteiger partial charge on any atom is 0.238 e. The maximum atomic E-state index is 11.9. The van der Waals surface area contributed by atoms with E-state index in [0.717, 1.165) is 17.8 Å². The minimum atomic E-state index is -0.0502. The maximum absolute atomic E-state index is 11.9. The Morgan fingerprint density at radius 3 is 2.80 bits per heavy atom. The zero-order valence-electron chi connectivity index (χ0n) is 12.8. The molecule has 0 fully saturated rings. The lowest BCUT2D eigenvalue weighted by atomic mass is 10.2. The lowest BCUT2D eigenvalue weighted by Crippen LogP contribution is -2.33. The highest BCUT2D eigenvalue weighted by Crippen LogP contribution is 2.17. The fourth-order valence-electron chi connectivity index (χ4n) is 1.73. The molecule has 0 radical (unpaired) electrons. The van der Waals surface area contributed by atoms with E-state index in [1.54, 1.807) is 6.07 Å². The van der Waals surface area contributed by atoms with E-state index in [1.165, 1.54) is 0 Å². The predicted molar refractivity (Wildman–Crippen MR) is 82.8 cm³/mol. The monoisotopic (exact) mass is 279 g/mol. The van der Waals surface area contributed by atoms with Gasteiger partial charge in [-0.2, -0.15) is 0 Å². The number of nitrogens with two attached hydrogens (primary N) is 1. The Hall–Kier alpha value is -1.59. The van der Waals surface area contributed by atoms with Crippen LogP contribution in [0.3, 0.4) is 0 Å². The Balaban J connectivity index is 2.41. The minimum Gasteiger partial charge on any atom is -0.399 e. The largest absolute Gasteiger partial charge is 0.399 e. The summed E-state index contributed by atoms with van der Waals surface area (Å²) < 4.78 is 5.46. The molecule has 1 aromatic carbocycles. The van der Waals surface area contributed by atoms with Crippen LogP contribution in [-0.4, -0.2) is 43.7 Å². The molecule has 0 aliphatic carbocycles. The number of benzene rings is 1. The fraction of sp³-hybridized carbons (Fsp3) is 0.533. The third kappa shape index (κ3) is 6.04. The van der Waals surface area contributed by atoms with Crippen molar-refractivity contribution < 1.29 is 9.53 Å². The fourth-order valence-corrected chi connectivity index (χ4v) is 1.73. The smallest absolute Gasteiger partial charge is 0.238 e. The third-order valence-electron chi connectivity index (χ3n) is 2.87. The number of hydrogen-bond donors (Lipinski definition) is 2. The number of rotatable bonds is 7. The summed E-state index contributed by atoms with van der Waals surface area (Å²) in [5.74, 6) is -0.0502. The van der Waals surface area contributed by atoms with Crippen molar-refractivity contribution in [1.29, 1.82) is 0 Å². The highest BCUT2D eigenvalue weighted by atomic mass is 16.5. The molecule has 0 unspecified atom stereocenters. The molecule has 1 rings (SSSR count). The van der Waals surface area contributed by atoms with E-state index in [2.05, 4.69) is 5.32 Å². The average molecular weight is 279 g/mol. The summed E-state index contributed by atoms with van der Waals surface area (Å²) >= 11 is 0. The SMILES string of the molecule is Cc1ccc(N)cc1NC(=O)CN(C)CCOC(C)C. The summed E-state index contributed by atoms with van der Waals surface area (Å²) in [5, 5.41) is 2.88. The molecule has 0 saturated heterocycles. The molecule has 5 nitrogen and oxygen atoms in total. The molecule has 0 aromatic heterocycles. The summed E-state index contributed by atoms with van der Waals surface area (Å²) in [6.07, 6.45) is 0.215. The molecular weight excluding hydrogens is 254 g/mol. The number of nitrogen functional groups attached to an aromatic ring is 1. The zero-order chi connectivity index (χ0) is 15.1. The number of anilines is 2. The molecule has 0 atom stereocenters. The Labute approximate surface area is 121 Å². The number of nitrogens with one attached hydrogen (secondary N) is 1. The first kappa shape index (κ1) is 16.5. The van der Waals surface area contributed by atoms with Crippen LogP contribution in [0.2, 0.25) is 0 Å². The van der Waals surface area contributed by atoms with Gasteiger partial charge >= 0.3 is 0 Å². The van der Waals surface area contributed by atoms with Crippen molar-refractivity contribution in [3.63, 3.8) is 0 Å². The van der Waals surface area contributed by atoms with Crippen LogP contribution in [0.25, 0.3) is 0 Å². The van der Waals surface area contributed by atoms with Crippen LogP contribution in [0.4, 0.5) is 11.4 Å². The van der Waals surface area contributed by atoms with Gasteiger partial charge in [-0.15, -0.1) is 0 Å². The highest BCUT2D eigenvalue weighted by molar-refractivity contribution is 5.93. The lowest BCUT2D eigenvalue weighted by Gasteiger charge is -2.17. The number of aryl methyl sites for hydroxylation is 1. The van der Waals surface area contributed by atoms with Gasteiger partial charge in [0.2, 0.25) is 5.91 Å². The first-order valence-electron chi connectivity index (χ1n) is 6.84. The van der Waals surface area contributed by atoms with Gasteiger partial charge in [-0.05, 0) is 45.5 Å². The van der Waals surface area contributed by atoms with Gasteiger partial charge in [0.1, 0.15) is 0 Å². The van der Waals surface area contributed by atoms with Crippen LogP contribution in [0.5, 0.6) is 0 Å². The molecule has 0 bridgehead atoms. The number of carbonyl (C=O) groups is 1. The van der Waals surface area contributed by atoms with Crippen molar-refractivity contribution in [2.24, 2.45) is 0 Å². The summed E-state index contributed by atoms with van der Waals surface area (Å²) in [5.41, 5.74) is 8.13. The second kappa shape index (κ2) is 7.87. The van der Waals surface area contributed by atoms with Crippen molar-refractivity contribution in [3.05, 3.63) is 23.8 Å². The summed E-state index contributed by atoms with van der Waals surface area (Å²) in [6.45, 7) is 7.61. The van der Waals surface area contributed by atoms with E-state index in [1.807, 2.05) is 44.9 Å². The van der Waals surface area contributed by atoms with E-state index < -0.39 is 0 Å². The summed E-state index contributed by atoms with van der Waals surface area (Å²) in [4.78, 5) is 13.9. The minimum absolute atomic E-state index is 0.0502. The molecule has 0 aliphatic rings. The molecule has 0 saturated carbocycles. The van der Waals surface area contributed by atoms with Crippen LogP contribution in [0.15, 0.2) is 18.2 Å². The van der Waals surface area contributed by atoms with Crippen molar-refractivity contribution in [3.8, 4) is 0 Å². The van der Waals surface area contributed by atoms with Gasteiger partial charge in [-0.3, -0.25) is 9.69 Å². The van der Waals surface area contributed by atoms with Gasteiger partial charge in [0.15, 0.2) is 0 Å². The van der Waals surface area contributed by atoms with E-state index in [9.17, 15) is 4.79 Å². The first-order valence-corrected chi connectivity index (χ1v) is 6.84. The van der Waals surface area contributed by atoms with Crippen molar-refractivity contribution in [1.82, 2.24) is 4.90 Å². The average Bonchev–Trinajstić information content (AvgIpc) is 2.33. The summed E-state index contributed by atoms with van der Waals surface area (Å²) in [6, 6.07) is 5.49. The molecule has 3 N–H and O–H groups in total. The van der Waals surface area contributed by atoms with E-state index in [-0.39, 0.29) is 12.0 Å². The highest BCUT2D eigenvalue weighted by Gasteiger charge is 2.08. The number of carbonyl (C=O) groups excluding carboxylic acids is 1. The molecule has 0 heterocycles. The van der Waals surface area contributed by atoms with Gasteiger partial charge in [-0.25, -0.2) is 0 Å². The van der Waals surface area contributed by atoms with Gasteiger partial charge in [0.25, 0.3) is 0 Å². The van der Waals surface area contributed by atoms with Crippen LogP contribution in [0, 0.1) is 6.92 Å². The predicted octanol–water partition coefficient (Wildman–Crippen LogP) is 1.87. The molecular formula is C15H25N3O2. The third-order valence-corrected chi connectivity index (χ3v) is 2.87. The zero-order valence-corrected chi connectivity index (χ0v) is 12.8. The van der Waals surface area contributed by atoms with Crippen LogP contribution < -0.4 is 11.1 Å². The second-order valence-electron chi connectivity index (χ2n) is 5.28. The van der Waals surface area contributed by atoms with Crippen molar-refractivity contribution in [2.75, 3.05) is 37.8 Å². The van der Waals surface area contributed by atoms with E-state index in [4.69, 9.17) is 10.5 Å². The number of likely N-dealkylation sites (N-methyl/N-ethyl adjacent to an activating group) is 1. The van der Waals surface area contributed by atoms with Crippen LogP contribution >= 0.6 is 0 Å². The Kier molecular flexibility index (Phi) is 6.48. The Morgan fingerprint density at radius 1 is 1.45 bits per heavy atom. The van der Waals surface area contributed by atoms with Gasteiger partial charge in [0.05, 0.1) is 19.3 Å². The van der Waals surface area contributed by atoms with Crippen LogP contribution in [-0.2, 0) is 9.53 Å². The van der Waals surface area contributed by atoms with Crippen molar-refractivity contribution in [2.45, 2.75) is 26.9 Å². The molecule has 112 valence electrons. The summed E-state index contributed by atoms with van der Waals surface area (Å²) in [7, 11) is 1.90. The molecule has 0 aliphatic heterocycles. The quantitative estimate of drug-likeness (QED) is 0.748. The van der Waals surface area contributed by atoms with Gasteiger partial charge in [0, 0.05) is 17.9 Å². The van der Waals surface area contributed by atoms with E-state index in [0.29, 0.717) is 18.8 Å². The van der Waals surface area contributed by atoms with Crippen molar-refractivity contribution >= 4 is 17.3 Å². The first-order chi connectivity index (χ1) is 9.38. The second-order valence-corrected chi connectivity index (χ2v) is 5.28. The van der Waals surface area contributed by atoms with Crippen LogP contribution in [0.1, 0.15) is 19.4 Å².